The number of thiophene rings is 2. The van der Waals surface area contributed by atoms with E-state index in [2.05, 4.69) is 36.1 Å². The van der Waals surface area contributed by atoms with E-state index in [1.54, 1.807) is 22.7 Å². The standard InChI is InChI=1S/C18H8S2/c1-3-11-5-7-13-15(9-11)19-18-14-8-6-12(4-2)10-16(14)20-17(13)18/h1-2,5-10H. The Hall–Kier alpha value is -2.26. The van der Waals surface area contributed by atoms with Crippen LogP contribution in [0.5, 0.6) is 0 Å². The molecule has 0 spiro atoms. The number of benzene rings is 2. The Morgan fingerprint density at radius 3 is 1.55 bits per heavy atom. The Morgan fingerprint density at radius 2 is 1.15 bits per heavy atom. The summed E-state index contributed by atoms with van der Waals surface area (Å²) in [5, 5.41) is 2.57. The fraction of sp³-hybridized carbons (Fsp3) is 0. The molecule has 0 nitrogen and oxygen atoms in total. The number of terminal acetylenes is 2. The molecule has 0 fully saturated rings. The van der Waals surface area contributed by atoms with E-state index in [9.17, 15) is 0 Å². The lowest BCUT2D eigenvalue weighted by atomic mass is 10.1. The molecule has 0 atom stereocenters. The highest BCUT2D eigenvalue weighted by molar-refractivity contribution is 7.36. The van der Waals surface area contributed by atoms with Crippen molar-refractivity contribution in [1.29, 1.82) is 0 Å². The van der Waals surface area contributed by atoms with Crippen molar-refractivity contribution in [2.45, 2.75) is 0 Å². The van der Waals surface area contributed by atoms with Crippen LogP contribution < -0.4 is 0 Å². The first-order chi connectivity index (χ1) is 9.80. The summed E-state index contributed by atoms with van der Waals surface area (Å²) in [5.41, 5.74) is 1.87. The van der Waals surface area contributed by atoms with Gasteiger partial charge in [0.15, 0.2) is 0 Å². The van der Waals surface area contributed by atoms with Gasteiger partial charge >= 0.3 is 0 Å². The summed E-state index contributed by atoms with van der Waals surface area (Å²) < 4.78 is 5.17. The molecule has 2 heteroatoms. The van der Waals surface area contributed by atoms with E-state index in [0.29, 0.717) is 0 Å². The highest BCUT2D eigenvalue weighted by atomic mass is 32.1. The van der Waals surface area contributed by atoms with Gasteiger partial charge in [-0.1, -0.05) is 24.0 Å². The second kappa shape index (κ2) is 4.12. The van der Waals surface area contributed by atoms with Crippen LogP contribution in [0.2, 0.25) is 0 Å². The van der Waals surface area contributed by atoms with Crippen molar-refractivity contribution < 1.29 is 0 Å². The minimum Gasteiger partial charge on any atom is -0.134 e. The zero-order valence-electron chi connectivity index (χ0n) is 10.4. The first-order valence-corrected chi connectivity index (χ1v) is 7.75. The average molecular weight is 288 g/mol. The summed E-state index contributed by atoms with van der Waals surface area (Å²) in [6.07, 6.45) is 10.9. The molecular formula is C18H8S2. The lowest BCUT2D eigenvalue weighted by Gasteiger charge is -1.93. The van der Waals surface area contributed by atoms with Gasteiger partial charge in [-0.15, -0.1) is 35.5 Å². The third-order valence-corrected chi connectivity index (χ3v) is 5.92. The predicted molar refractivity (Wildman–Crippen MR) is 90.6 cm³/mol. The first-order valence-electron chi connectivity index (χ1n) is 6.12. The van der Waals surface area contributed by atoms with Gasteiger partial charge in [-0.05, 0) is 24.3 Å². The molecule has 0 aliphatic carbocycles. The van der Waals surface area contributed by atoms with Gasteiger partial charge in [0.1, 0.15) is 0 Å². The zero-order valence-corrected chi connectivity index (χ0v) is 12.1. The number of hydrogen-bond donors (Lipinski definition) is 0. The third kappa shape index (κ3) is 1.50. The smallest absolute Gasteiger partial charge is 0.0542 e. The van der Waals surface area contributed by atoms with E-state index in [4.69, 9.17) is 12.8 Å². The number of hydrogen-bond acceptors (Lipinski definition) is 2. The van der Waals surface area contributed by atoms with Crippen molar-refractivity contribution in [3.63, 3.8) is 0 Å². The zero-order chi connectivity index (χ0) is 13.7. The second-order valence-corrected chi connectivity index (χ2v) is 6.68. The molecule has 2 aromatic heterocycles. The maximum Gasteiger partial charge on any atom is 0.0542 e. The topological polar surface area (TPSA) is 0 Å². The molecule has 0 unspecified atom stereocenters. The molecule has 20 heavy (non-hydrogen) atoms. The molecule has 0 saturated heterocycles. The SMILES string of the molecule is C#Cc1ccc2c(c1)sc1c3ccc(C#C)cc3sc21. The Labute approximate surface area is 124 Å². The number of rotatable bonds is 0. The van der Waals surface area contributed by atoms with Crippen LogP contribution in [-0.2, 0) is 0 Å². The summed E-state index contributed by atoms with van der Waals surface area (Å²) in [6.45, 7) is 0. The fourth-order valence-corrected chi connectivity index (χ4v) is 5.17. The van der Waals surface area contributed by atoms with Gasteiger partial charge in [0.25, 0.3) is 0 Å². The van der Waals surface area contributed by atoms with Crippen LogP contribution >= 0.6 is 22.7 Å². The lowest BCUT2D eigenvalue weighted by molar-refractivity contribution is 1.77. The van der Waals surface area contributed by atoms with E-state index in [0.717, 1.165) is 11.1 Å². The van der Waals surface area contributed by atoms with Crippen molar-refractivity contribution in [2.75, 3.05) is 0 Å². The van der Waals surface area contributed by atoms with Gasteiger partial charge in [0, 0.05) is 31.3 Å². The van der Waals surface area contributed by atoms with E-state index in [-0.39, 0.29) is 0 Å². The van der Waals surface area contributed by atoms with E-state index in [1.165, 1.54) is 29.6 Å². The second-order valence-electron chi connectivity index (χ2n) is 4.57. The van der Waals surface area contributed by atoms with Crippen molar-refractivity contribution >= 4 is 52.2 Å². The van der Waals surface area contributed by atoms with Crippen LogP contribution in [-0.4, -0.2) is 0 Å². The molecule has 0 amide bonds. The Bertz CT molecular complexity index is 974. The van der Waals surface area contributed by atoms with Gasteiger partial charge in [-0.25, -0.2) is 0 Å². The highest BCUT2D eigenvalue weighted by Crippen LogP contribution is 2.44. The normalized spacial score (nSPS) is 10.9. The number of fused-ring (bicyclic) bond motifs is 5. The fourth-order valence-electron chi connectivity index (χ4n) is 2.44. The summed E-state index contributed by atoms with van der Waals surface area (Å²) in [7, 11) is 0. The van der Waals surface area contributed by atoms with Crippen LogP contribution in [0.15, 0.2) is 36.4 Å². The van der Waals surface area contributed by atoms with Crippen molar-refractivity contribution in [2.24, 2.45) is 0 Å². The predicted octanol–water partition coefficient (Wildman–Crippen LogP) is 5.23. The quantitative estimate of drug-likeness (QED) is 0.389. The van der Waals surface area contributed by atoms with Crippen molar-refractivity contribution in [1.82, 2.24) is 0 Å². The third-order valence-electron chi connectivity index (χ3n) is 3.42. The maximum atomic E-state index is 5.47. The summed E-state index contributed by atoms with van der Waals surface area (Å²) in [6, 6.07) is 12.4. The molecule has 92 valence electrons. The van der Waals surface area contributed by atoms with Crippen molar-refractivity contribution in [3.8, 4) is 24.7 Å². The molecule has 0 bridgehead atoms. The van der Waals surface area contributed by atoms with Crippen LogP contribution in [0.3, 0.4) is 0 Å². The van der Waals surface area contributed by atoms with Gasteiger partial charge in [-0.3, -0.25) is 0 Å². The van der Waals surface area contributed by atoms with E-state index in [1.807, 2.05) is 12.1 Å². The monoisotopic (exact) mass is 288 g/mol. The van der Waals surface area contributed by atoms with Gasteiger partial charge in [0.2, 0.25) is 0 Å². The van der Waals surface area contributed by atoms with Gasteiger partial charge in [0.05, 0.1) is 9.40 Å². The summed E-state index contributed by atoms with van der Waals surface area (Å²) in [4.78, 5) is 0. The summed E-state index contributed by atoms with van der Waals surface area (Å²) >= 11 is 3.61. The van der Waals surface area contributed by atoms with Crippen LogP contribution in [0.4, 0.5) is 0 Å². The summed E-state index contributed by atoms with van der Waals surface area (Å²) in [5.74, 6) is 5.39. The van der Waals surface area contributed by atoms with E-state index >= 15 is 0 Å². The van der Waals surface area contributed by atoms with E-state index < -0.39 is 0 Å². The Kier molecular flexibility index (Phi) is 2.38. The average Bonchev–Trinajstić information content (AvgIpc) is 3.01. The molecule has 2 heterocycles. The van der Waals surface area contributed by atoms with Crippen LogP contribution in [0, 0.1) is 24.7 Å². The molecule has 0 radical (unpaired) electrons. The Morgan fingerprint density at radius 1 is 0.700 bits per heavy atom. The van der Waals surface area contributed by atoms with Crippen LogP contribution in [0.1, 0.15) is 11.1 Å². The van der Waals surface area contributed by atoms with Crippen molar-refractivity contribution in [3.05, 3.63) is 47.5 Å². The highest BCUT2D eigenvalue weighted by Gasteiger charge is 2.12. The Balaban J connectivity index is 2.15. The maximum absolute atomic E-state index is 5.47. The minimum absolute atomic E-state index is 0.935. The molecule has 0 aliphatic rings. The molecule has 0 saturated carbocycles. The molecule has 4 aromatic rings. The van der Waals surface area contributed by atoms with Gasteiger partial charge < -0.3 is 0 Å². The van der Waals surface area contributed by atoms with Gasteiger partial charge in [-0.2, -0.15) is 0 Å². The lowest BCUT2D eigenvalue weighted by Crippen LogP contribution is -1.71. The molecular weight excluding hydrogens is 280 g/mol. The molecule has 2 aromatic carbocycles. The minimum atomic E-state index is 0.935. The molecule has 4 rings (SSSR count). The largest absolute Gasteiger partial charge is 0.134 e. The molecule has 0 aliphatic heterocycles. The molecule has 0 N–H and O–H groups in total. The van der Waals surface area contributed by atoms with Crippen LogP contribution in [0.25, 0.3) is 29.6 Å². The first kappa shape index (κ1) is 11.6.